The fraction of sp³-hybridized carbons (Fsp3) is 0.417. The van der Waals surface area contributed by atoms with Crippen molar-refractivity contribution in [2.24, 2.45) is 4.99 Å². The van der Waals surface area contributed by atoms with E-state index in [2.05, 4.69) is 59.3 Å². The normalized spacial score (nSPS) is 18.1. The molecule has 1 aromatic carbocycles. The lowest BCUT2D eigenvalue weighted by molar-refractivity contribution is 0.0265. The molecule has 0 spiro atoms. The number of amides is 1. The van der Waals surface area contributed by atoms with Gasteiger partial charge in [-0.2, -0.15) is 0 Å². The van der Waals surface area contributed by atoms with Crippen LogP contribution in [0.2, 0.25) is 0 Å². The third kappa shape index (κ3) is 5.82. The average Bonchev–Trinajstić information content (AvgIpc) is 3.34. The number of hydrogen-bond donors (Lipinski definition) is 0. The van der Waals surface area contributed by atoms with Crippen molar-refractivity contribution in [1.82, 2.24) is 4.90 Å². The van der Waals surface area contributed by atoms with Crippen LogP contribution in [0.3, 0.4) is 0 Å². The van der Waals surface area contributed by atoms with Crippen LogP contribution in [0.25, 0.3) is 16.0 Å². The van der Waals surface area contributed by atoms with Gasteiger partial charge < -0.3 is 4.74 Å². The van der Waals surface area contributed by atoms with Crippen LogP contribution in [-0.2, 0) is 4.74 Å². The summed E-state index contributed by atoms with van der Waals surface area (Å²) in [5.41, 5.74) is 3.90. The van der Waals surface area contributed by atoms with Gasteiger partial charge in [-0.1, -0.05) is 24.3 Å². The molecule has 1 aliphatic heterocycles. The van der Waals surface area contributed by atoms with E-state index in [9.17, 15) is 4.79 Å². The molecule has 1 fully saturated rings. The van der Waals surface area contributed by atoms with Gasteiger partial charge in [-0.3, -0.25) is 9.89 Å². The number of allylic oxidation sites excluding steroid dienone is 1. The Balaban J connectivity index is 1.70. The number of rotatable bonds is 4. The average molecular weight is 489 g/mol. The van der Waals surface area contributed by atoms with Crippen molar-refractivity contribution in [2.75, 3.05) is 6.54 Å². The smallest absolute Gasteiger partial charge is 0.410 e. The van der Waals surface area contributed by atoms with Crippen LogP contribution < -0.4 is 0 Å². The number of carbonyl (C=O) groups is 1. The molecule has 0 bridgehead atoms. The van der Waals surface area contributed by atoms with Gasteiger partial charge in [0, 0.05) is 23.3 Å². The first-order valence-electron chi connectivity index (χ1n) is 10.2. The van der Waals surface area contributed by atoms with Crippen LogP contribution in [-0.4, -0.2) is 34.9 Å². The summed E-state index contributed by atoms with van der Waals surface area (Å²) in [5.74, 6) is 0. The van der Waals surface area contributed by atoms with Gasteiger partial charge in [0.2, 0.25) is 0 Å². The Morgan fingerprint density at radius 1 is 1.20 bits per heavy atom. The summed E-state index contributed by atoms with van der Waals surface area (Å²) in [6, 6.07) is 12.7. The fourth-order valence-corrected chi connectivity index (χ4v) is 4.86. The lowest BCUT2D eigenvalue weighted by Crippen LogP contribution is -2.42. The quantitative estimate of drug-likeness (QED) is 0.420. The summed E-state index contributed by atoms with van der Waals surface area (Å²) >= 11 is 5.25. The van der Waals surface area contributed by atoms with Crippen molar-refractivity contribution >= 4 is 44.6 Å². The highest BCUT2D eigenvalue weighted by Gasteiger charge is 2.33. The SMILES string of the molecule is C/C(=C\N=C(/C)[C@@H]1CCCN1C(=O)OC(C)(C)C)c1ccc(-c2ccc(Br)s2)cc1. The molecule has 1 aliphatic rings. The van der Waals surface area contributed by atoms with E-state index in [1.54, 1.807) is 16.2 Å². The van der Waals surface area contributed by atoms with Crippen LogP contribution in [0.15, 0.2) is 51.4 Å². The summed E-state index contributed by atoms with van der Waals surface area (Å²) in [6.45, 7) is 10.5. The van der Waals surface area contributed by atoms with Gasteiger partial charge in [-0.25, -0.2) is 4.79 Å². The second-order valence-electron chi connectivity index (χ2n) is 8.60. The second-order valence-corrected chi connectivity index (χ2v) is 11.1. The Morgan fingerprint density at radius 2 is 1.90 bits per heavy atom. The standard InChI is InChI=1S/C24H29BrN2O2S/c1-16(18-8-10-19(11-9-18)21-12-13-22(25)30-21)15-26-17(2)20-7-6-14-27(20)23(28)29-24(3,4)5/h8-13,15,20H,6-7,14H2,1-5H3/b16-15+,26-17+/t20-/m0/s1. The topological polar surface area (TPSA) is 41.9 Å². The highest BCUT2D eigenvalue weighted by atomic mass is 79.9. The zero-order chi connectivity index (χ0) is 21.9. The largest absolute Gasteiger partial charge is 0.444 e. The van der Waals surface area contributed by atoms with Gasteiger partial charge in [-0.15, -0.1) is 11.3 Å². The number of ether oxygens (including phenoxy) is 1. The van der Waals surface area contributed by atoms with Crippen LogP contribution in [0.1, 0.15) is 53.0 Å². The molecule has 0 unspecified atom stereocenters. The minimum atomic E-state index is -0.489. The zero-order valence-corrected chi connectivity index (χ0v) is 20.6. The van der Waals surface area contributed by atoms with Gasteiger partial charge in [0.1, 0.15) is 5.60 Å². The minimum absolute atomic E-state index is 0.00329. The Bertz CT molecular complexity index is 954. The van der Waals surface area contributed by atoms with Crippen molar-refractivity contribution in [2.45, 2.75) is 59.1 Å². The molecule has 0 aliphatic carbocycles. The summed E-state index contributed by atoms with van der Waals surface area (Å²) in [6.07, 6.45) is 3.54. The molecule has 0 N–H and O–H groups in total. The van der Waals surface area contributed by atoms with Crippen LogP contribution in [0.5, 0.6) is 0 Å². The highest BCUT2D eigenvalue weighted by Crippen LogP contribution is 2.32. The maximum atomic E-state index is 12.5. The van der Waals surface area contributed by atoms with Crippen molar-refractivity contribution in [3.05, 3.63) is 51.9 Å². The minimum Gasteiger partial charge on any atom is -0.444 e. The summed E-state index contributed by atoms with van der Waals surface area (Å²) in [7, 11) is 0. The molecule has 30 heavy (non-hydrogen) atoms. The molecule has 3 rings (SSSR count). The molecule has 1 aromatic heterocycles. The Labute approximate surface area is 191 Å². The van der Waals surface area contributed by atoms with E-state index >= 15 is 0 Å². The molecule has 1 atom stereocenters. The number of thiophene rings is 1. The Hall–Kier alpha value is -1.92. The van der Waals surface area contributed by atoms with Crippen molar-refractivity contribution in [3.8, 4) is 10.4 Å². The van der Waals surface area contributed by atoms with Gasteiger partial charge in [0.15, 0.2) is 0 Å². The van der Waals surface area contributed by atoms with E-state index in [4.69, 9.17) is 9.73 Å². The lowest BCUT2D eigenvalue weighted by atomic mass is 10.1. The fourth-order valence-electron chi connectivity index (χ4n) is 3.47. The van der Waals surface area contributed by atoms with Crippen LogP contribution in [0, 0.1) is 0 Å². The number of likely N-dealkylation sites (tertiary alicyclic amines) is 1. The van der Waals surface area contributed by atoms with Crippen molar-refractivity contribution < 1.29 is 9.53 Å². The van der Waals surface area contributed by atoms with E-state index in [0.717, 1.165) is 40.0 Å². The van der Waals surface area contributed by atoms with Gasteiger partial charge in [-0.05, 0) is 92.2 Å². The van der Waals surface area contributed by atoms with Crippen molar-refractivity contribution in [1.29, 1.82) is 0 Å². The molecular formula is C24H29BrN2O2S. The Morgan fingerprint density at radius 3 is 2.50 bits per heavy atom. The van der Waals surface area contributed by atoms with E-state index in [1.807, 2.05) is 33.9 Å². The summed E-state index contributed by atoms with van der Waals surface area (Å²) < 4.78 is 6.69. The molecule has 0 radical (unpaired) electrons. The number of nitrogens with zero attached hydrogens (tertiary/aromatic N) is 2. The molecule has 2 heterocycles. The first kappa shape index (κ1) is 22.8. The maximum absolute atomic E-state index is 12.5. The molecule has 160 valence electrons. The van der Waals surface area contributed by atoms with Gasteiger partial charge in [0.25, 0.3) is 0 Å². The highest BCUT2D eigenvalue weighted by molar-refractivity contribution is 9.11. The van der Waals surface area contributed by atoms with Crippen LogP contribution in [0.4, 0.5) is 4.79 Å². The molecule has 1 amide bonds. The van der Waals surface area contributed by atoms with E-state index in [1.165, 1.54) is 10.4 Å². The number of hydrogen-bond acceptors (Lipinski definition) is 4. The monoisotopic (exact) mass is 488 g/mol. The number of aliphatic imine (C=N–C) groups is 1. The van der Waals surface area contributed by atoms with Gasteiger partial charge in [0.05, 0.1) is 9.83 Å². The molecule has 1 saturated heterocycles. The van der Waals surface area contributed by atoms with E-state index in [0.29, 0.717) is 0 Å². The predicted octanol–water partition coefficient (Wildman–Crippen LogP) is 7.40. The van der Waals surface area contributed by atoms with E-state index in [-0.39, 0.29) is 12.1 Å². The zero-order valence-electron chi connectivity index (χ0n) is 18.2. The first-order chi connectivity index (χ1) is 14.1. The number of halogens is 1. The van der Waals surface area contributed by atoms with Crippen molar-refractivity contribution in [3.63, 3.8) is 0 Å². The molecule has 6 heteroatoms. The predicted molar refractivity (Wildman–Crippen MR) is 130 cm³/mol. The second kappa shape index (κ2) is 9.48. The third-order valence-electron chi connectivity index (χ3n) is 5.02. The molecule has 2 aromatic rings. The molecule has 0 saturated carbocycles. The summed E-state index contributed by atoms with van der Waals surface area (Å²) in [4.78, 5) is 20.3. The number of carbonyl (C=O) groups excluding carboxylic acids is 1. The summed E-state index contributed by atoms with van der Waals surface area (Å²) in [5, 5.41) is 0. The first-order valence-corrected chi connectivity index (χ1v) is 11.8. The van der Waals surface area contributed by atoms with Gasteiger partial charge >= 0.3 is 6.09 Å². The lowest BCUT2D eigenvalue weighted by Gasteiger charge is -2.28. The Kier molecular flexibility index (Phi) is 7.19. The van der Waals surface area contributed by atoms with E-state index < -0.39 is 5.60 Å². The van der Waals surface area contributed by atoms with Crippen LogP contribution >= 0.6 is 27.3 Å². The number of benzene rings is 1. The molecule has 4 nitrogen and oxygen atoms in total. The molecular weight excluding hydrogens is 460 g/mol. The third-order valence-corrected chi connectivity index (χ3v) is 6.70. The maximum Gasteiger partial charge on any atom is 0.410 e.